The molecule has 0 fully saturated rings. The molecule has 47 heavy (non-hydrogen) atoms. The quantitative estimate of drug-likeness (QED) is 0.184. The molecule has 0 aliphatic carbocycles. The molecule has 0 saturated carbocycles. The summed E-state index contributed by atoms with van der Waals surface area (Å²) in [4.78, 5) is 0. The van der Waals surface area contributed by atoms with Crippen molar-refractivity contribution in [3.8, 4) is 33.4 Å². The molecule has 1 aromatic heterocycles. The molecule has 1 heterocycles. The Morgan fingerprint density at radius 3 is 1.68 bits per heavy atom. The fourth-order valence-corrected chi connectivity index (χ4v) is 7.33. The predicted octanol–water partition coefficient (Wildman–Crippen LogP) is 13.2. The van der Waals surface area contributed by atoms with Gasteiger partial charge < -0.3 is 4.42 Å². The van der Waals surface area contributed by atoms with Crippen LogP contribution in [0.25, 0.3) is 98.4 Å². The third kappa shape index (κ3) is 3.97. The van der Waals surface area contributed by atoms with Crippen LogP contribution in [0.4, 0.5) is 0 Å². The molecule has 0 radical (unpaired) electrons. The molecule has 9 aromatic carbocycles. The number of hydrogen-bond donors (Lipinski definition) is 0. The maximum absolute atomic E-state index is 9.65. The maximum Gasteiger partial charge on any atom is 0.143 e. The lowest BCUT2D eigenvalue weighted by Crippen LogP contribution is -1.91. The lowest BCUT2D eigenvalue weighted by atomic mass is 9.85. The van der Waals surface area contributed by atoms with E-state index in [-0.39, 0.29) is 41.0 Å². The highest BCUT2D eigenvalue weighted by Gasteiger charge is 2.19. The van der Waals surface area contributed by atoms with E-state index in [1.807, 2.05) is 42.5 Å². The first kappa shape index (κ1) is 21.5. The van der Waals surface area contributed by atoms with Crippen molar-refractivity contribution in [2.24, 2.45) is 0 Å². The first-order valence-electron chi connectivity index (χ1n) is 18.3. The molecule has 0 amide bonds. The van der Waals surface area contributed by atoms with Gasteiger partial charge in [-0.25, -0.2) is 0 Å². The molecule has 0 saturated heterocycles. The summed E-state index contributed by atoms with van der Waals surface area (Å²) >= 11 is 0. The van der Waals surface area contributed by atoms with E-state index in [0.29, 0.717) is 27.7 Å². The van der Waals surface area contributed by atoms with E-state index in [1.54, 1.807) is 0 Å². The number of benzene rings is 9. The number of rotatable bonds is 3. The Labute approximate surface area is 279 Å². The highest BCUT2D eigenvalue weighted by Crippen LogP contribution is 2.46. The van der Waals surface area contributed by atoms with E-state index in [9.17, 15) is 1.37 Å². The molecule has 1 heteroatoms. The van der Waals surface area contributed by atoms with E-state index >= 15 is 0 Å². The standard InChI is InChI=1S/C46H28O/c1-2-13-30(14-3-1)40-28-42-41-27-33(24-25-43(41)47-46(42)39-21-11-6-16-34(39)40)45-37-19-9-7-17-35(37)44(36-18-8-10-20-38(36)45)32-23-22-29-12-4-5-15-31(29)26-32/h1-28H/i6D,11D,16D,21D,28D. The Hall–Kier alpha value is -6.18. The van der Waals surface area contributed by atoms with Gasteiger partial charge in [0.2, 0.25) is 0 Å². The van der Waals surface area contributed by atoms with Crippen LogP contribution in [-0.4, -0.2) is 0 Å². The van der Waals surface area contributed by atoms with Gasteiger partial charge in [-0.05, 0) is 95.3 Å². The lowest BCUT2D eigenvalue weighted by molar-refractivity contribution is 0.673. The number of hydrogen-bond acceptors (Lipinski definition) is 1. The van der Waals surface area contributed by atoms with Crippen molar-refractivity contribution in [1.82, 2.24) is 0 Å². The molecule has 10 rings (SSSR count). The minimum Gasteiger partial charge on any atom is -0.455 e. The summed E-state index contributed by atoms with van der Waals surface area (Å²) in [6, 6.07) is 46.7. The van der Waals surface area contributed by atoms with Gasteiger partial charge in [0.1, 0.15) is 11.2 Å². The Kier molecular flexibility index (Phi) is 4.66. The zero-order valence-corrected chi connectivity index (χ0v) is 25.2. The molecule has 0 N–H and O–H groups in total. The first-order chi connectivity index (χ1) is 25.4. The summed E-state index contributed by atoms with van der Waals surface area (Å²) in [7, 11) is 0. The van der Waals surface area contributed by atoms with Crippen LogP contribution in [-0.2, 0) is 0 Å². The summed E-state index contributed by atoms with van der Waals surface area (Å²) in [5, 5.41) is 8.68. The summed E-state index contributed by atoms with van der Waals surface area (Å²) in [5.74, 6) is 0. The van der Waals surface area contributed by atoms with E-state index in [0.717, 1.165) is 43.6 Å². The van der Waals surface area contributed by atoms with Crippen LogP contribution < -0.4 is 0 Å². The molecule has 0 atom stereocenters. The van der Waals surface area contributed by atoms with Crippen LogP contribution in [0.1, 0.15) is 6.85 Å². The van der Waals surface area contributed by atoms with Crippen molar-refractivity contribution < 1.29 is 11.3 Å². The normalized spacial score (nSPS) is 13.3. The fraction of sp³-hybridized carbons (Fsp3) is 0. The van der Waals surface area contributed by atoms with Gasteiger partial charge in [-0.2, -0.15) is 0 Å². The Morgan fingerprint density at radius 2 is 0.979 bits per heavy atom. The second-order valence-corrected chi connectivity index (χ2v) is 12.0. The van der Waals surface area contributed by atoms with Gasteiger partial charge in [0.05, 0.1) is 6.85 Å². The van der Waals surface area contributed by atoms with Crippen molar-refractivity contribution in [2.45, 2.75) is 0 Å². The van der Waals surface area contributed by atoms with E-state index in [2.05, 4.69) is 97.1 Å². The van der Waals surface area contributed by atoms with E-state index in [1.165, 1.54) is 16.3 Å². The van der Waals surface area contributed by atoms with E-state index < -0.39 is 0 Å². The summed E-state index contributed by atoms with van der Waals surface area (Å²) in [6.45, 7) is 0. The topological polar surface area (TPSA) is 13.1 Å². The Morgan fingerprint density at radius 1 is 0.404 bits per heavy atom. The van der Waals surface area contributed by atoms with Crippen LogP contribution in [0.5, 0.6) is 0 Å². The molecule has 0 spiro atoms. The van der Waals surface area contributed by atoms with Gasteiger partial charge in [-0.1, -0.05) is 145 Å². The summed E-state index contributed by atoms with van der Waals surface area (Å²) < 4.78 is 51.1. The van der Waals surface area contributed by atoms with Gasteiger partial charge in [-0.15, -0.1) is 0 Å². The zero-order valence-electron chi connectivity index (χ0n) is 30.2. The minimum absolute atomic E-state index is 0.163. The molecular weight excluding hydrogens is 569 g/mol. The van der Waals surface area contributed by atoms with Gasteiger partial charge in [0, 0.05) is 16.2 Å². The second-order valence-electron chi connectivity index (χ2n) is 12.0. The van der Waals surface area contributed by atoms with Crippen molar-refractivity contribution in [1.29, 1.82) is 0 Å². The molecule has 1 nitrogen and oxygen atoms in total. The first-order valence-corrected chi connectivity index (χ1v) is 15.8. The monoisotopic (exact) mass is 601 g/mol. The maximum atomic E-state index is 9.65. The largest absolute Gasteiger partial charge is 0.455 e. The Balaban J connectivity index is 1.31. The van der Waals surface area contributed by atoms with Crippen LogP contribution >= 0.6 is 0 Å². The molecule has 0 aliphatic heterocycles. The van der Waals surface area contributed by atoms with Crippen molar-refractivity contribution >= 4 is 65.0 Å². The third-order valence-corrected chi connectivity index (χ3v) is 9.42. The average molecular weight is 602 g/mol. The van der Waals surface area contributed by atoms with E-state index in [4.69, 9.17) is 9.90 Å². The van der Waals surface area contributed by atoms with Crippen molar-refractivity contribution in [3.05, 3.63) is 170 Å². The van der Waals surface area contributed by atoms with Crippen LogP contribution in [0.3, 0.4) is 0 Å². The number of furan rings is 1. The lowest BCUT2D eigenvalue weighted by Gasteiger charge is -2.18. The molecule has 218 valence electrons. The minimum atomic E-state index is -0.335. The molecule has 0 bridgehead atoms. The highest BCUT2D eigenvalue weighted by molar-refractivity contribution is 6.24. The zero-order chi connectivity index (χ0) is 35.2. The number of fused-ring (bicyclic) bond motifs is 8. The van der Waals surface area contributed by atoms with Crippen LogP contribution in [0.2, 0.25) is 0 Å². The second kappa shape index (κ2) is 10.2. The van der Waals surface area contributed by atoms with Gasteiger partial charge in [0.25, 0.3) is 0 Å². The molecule has 0 aliphatic rings. The predicted molar refractivity (Wildman–Crippen MR) is 200 cm³/mol. The van der Waals surface area contributed by atoms with Gasteiger partial charge in [-0.3, -0.25) is 0 Å². The summed E-state index contributed by atoms with van der Waals surface area (Å²) in [5.41, 5.74) is 6.37. The van der Waals surface area contributed by atoms with Crippen molar-refractivity contribution in [2.75, 3.05) is 0 Å². The van der Waals surface area contributed by atoms with Gasteiger partial charge >= 0.3 is 0 Å². The Bertz CT molecular complexity index is 3070. The van der Waals surface area contributed by atoms with Crippen LogP contribution in [0, 0.1) is 0 Å². The fourth-order valence-electron chi connectivity index (χ4n) is 7.33. The average Bonchev–Trinajstić information content (AvgIpc) is 3.57. The molecule has 10 aromatic rings. The third-order valence-electron chi connectivity index (χ3n) is 9.42. The molecular formula is C46H28O. The van der Waals surface area contributed by atoms with Gasteiger partial charge in [0.15, 0.2) is 0 Å². The SMILES string of the molecule is [2H]c1c([2H])c([2H])c2c(c1[2H])c(-c1ccccc1)c([2H])c1c3cc(-c4c5ccccc5c(-c5ccc6ccccc6c5)c5ccccc45)ccc3oc21. The van der Waals surface area contributed by atoms with Crippen molar-refractivity contribution in [3.63, 3.8) is 0 Å². The smallest absolute Gasteiger partial charge is 0.143 e. The highest BCUT2D eigenvalue weighted by atomic mass is 16.3. The molecule has 0 unspecified atom stereocenters. The van der Waals surface area contributed by atoms with Crippen LogP contribution in [0.15, 0.2) is 174 Å². The summed E-state index contributed by atoms with van der Waals surface area (Å²) in [6.07, 6.45) is 0.